The molecule has 5 aliphatic rings. The first kappa shape index (κ1) is 24.1. The van der Waals surface area contributed by atoms with Crippen LogP contribution in [0.25, 0.3) is 16.7 Å². The molecule has 192 valence electrons. The molecule has 2 nitrogen and oxygen atoms in total. The molecule has 0 spiro atoms. The number of nitrogens with one attached hydrogen (secondary N) is 1. The minimum atomic E-state index is -1.90. The van der Waals surface area contributed by atoms with E-state index in [-0.39, 0.29) is 0 Å². The average Bonchev–Trinajstić information content (AvgIpc) is 3.48. The summed E-state index contributed by atoms with van der Waals surface area (Å²) in [7, 11) is -1.90. The van der Waals surface area contributed by atoms with E-state index < -0.39 is 8.24 Å². The highest BCUT2D eigenvalue weighted by Crippen LogP contribution is 2.59. The Morgan fingerprint density at radius 1 is 0.658 bits per heavy atom. The third kappa shape index (κ3) is 3.75. The molecular weight excluding hydrogens is 476 g/mol. The van der Waals surface area contributed by atoms with E-state index in [0.29, 0.717) is 47.5 Å². The lowest BCUT2D eigenvalue weighted by atomic mass is 9.83. The van der Waals surface area contributed by atoms with Crippen LogP contribution in [-0.2, 0) is 0 Å². The van der Waals surface area contributed by atoms with E-state index in [1.54, 1.807) is 0 Å². The van der Waals surface area contributed by atoms with Crippen LogP contribution < -0.4 is 5.32 Å². The van der Waals surface area contributed by atoms with Gasteiger partial charge < -0.3 is 4.57 Å². The van der Waals surface area contributed by atoms with Crippen molar-refractivity contribution in [3.05, 3.63) is 127 Å². The van der Waals surface area contributed by atoms with Crippen LogP contribution in [0.4, 0.5) is 0 Å². The Kier molecular flexibility index (Phi) is 5.92. The topological polar surface area (TPSA) is 15.3 Å². The lowest BCUT2D eigenvalue weighted by molar-refractivity contribution is 0.338. The third-order valence-electron chi connectivity index (χ3n) is 9.92. The summed E-state index contributed by atoms with van der Waals surface area (Å²) in [5, 5.41) is 4.06. The smallest absolute Gasteiger partial charge is 0.129 e. The molecule has 0 bridgehead atoms. The maximum absolute atomic E-state index is 4.06. The number of allylic oxidation sites excluding steroid dienone is 10. The summed E-state index contributed by atoms with van der Waals surface area (Å²) in [6, 6.07) is 20.5. The molecule has 7 rings (SSSR count). The van der Waals surface area contributed by atoms with Crippen LogP contribution in [0.15, 0.2) is 121 Å². The molecule has 4 aliphatic carbocycles. The zero-order valence-corrected chi connectivity index (χ0v) is 23.6. The molecule has 1 N–H and O–H groups in total. The second-order valence-electron chi connectivity index (χ2n) is 12.2. The van der Waals surface area contributed by atoms with E-state index in [1.807, 2.05) is 0 Å². The molecular formula is C35H38N2Si. The monoisotopic (exact) mass is 514 g/mol. The van der Waals surface area contributed by atoms with Gasteiger partial charge in [-0.1, -0.05) is 128 Å². The van der Waals surface area contributed by atoms with Crippen molar-refractivity contribution in [2.24, 2.45) is 23.7 Å². The van der Waals surface area contributed by atoms with Gasteiger partial charge in [0.05, 0.1) is 12.2 Å². The minimum Gasteiger partial charge on any atom is -0.301 e. The largest absolute Gasteiger partial charge is 0.301 e. The lowest BCUT2D eigenvalue weighted by Crippen LogP contribution is -2.59. The quantitative estimate of drug-likeness (QED) is 0.423. The minimum absolute atomic E-state index is 0.310. The number of fused-ring (bicyclic) bond motifs is 4. The van der Waals surface area contributed by atoms with E-state index in [9.17, 15) is 0 Å². The Balaban J connectivity index is 1.22. The zero-order chi connectivity index (χ0) is 25.9. The van der Waals surface area contributed by atoms with Crippen molar-refractivity contribution >= 4 is 13.8 Å². The predicted octanol–water partition coefficient (Wildman–Crippen LogP) is 7.60. The van der Waals surface area contributed by atoms with Crippen LogP contribution in [0.1, 0.15) is 12.5 Å². The molecule has 0 radical (unpaired) electrons. The Morgan fingerprint density at radius 3 is 1.95 bits per heavy atom. The average molecular weight is 515 g/mol. The summed E-state index contributed by atoms with van der Waals surface area (Å²) in [6.07, 6.45) is 26.7. The first-order valence-corrected chi connectivity index (χ1v) is 17.4. The van der Waals surface area contributed by atoms with E-state index in [2.05, 4.69) is 151 Å². The van der Waals surface area contributed by atoms with E-state index in [4.69, 9.17) is 0 Å². The molecule has 1 saturated heterocycles. The van der Waals surface area contributed by atoms with Crippen molar-refractivity contribution < 1.29 is 0 Å². The molecule has 3 heteroatoms. The van der Waals surface area contributed by atoms with Crippen LogP contribution >= 0.6 is 0 Å². The van der Waals surface area contributed by atoms with Crippen molar-refractivity contribution in [3.8, 4) is 11.1 Å². The molecule has 1 saturated carbocycles. The second-order valence-corrected chi connectivity index (χ2v) is 16.7. The molecule has 1 heterocycles. The normalized spacial score (nSPS) is 35.2. The number of nitrogens with zero attached hydrogens (tertiary/aromatic N) is 1. The van der Waals surface area contributed by atoms with Crippen molar-refractivity contribution in [2.75, 3.05) is 0 Å². The summed E-state index contributed by atoms with van der Waals surface area (Å²) in [4.78, 5) is 0. The van der Waals surface area contributed by atoms with Gasteiger partial charge in [0.25, 0.3) is 0 Å². The van der Waals surface area contributed by atoms with Crippen LogP contribution in [0.3, 0.4) is 0 Å². The van der Waals surface area contributed by atoms with Gasteiger partial charge in [-0.2, -0.15) is 0 Å². The molecule has 2 aromatic rings. The fourth-order valence-corrected chi connectivity index (χ4v) is 13.5. The van der Waals surface area contributed by atoms with E-state index >= 15 is 0 Å². The SMILES string of the molecule is C[C@@H]1NC2C(c3cccc(-c4ccccc4)c3)=CC=C[C@H]2N1[Si](C)(C)C1C2C=CC=CC2C2C=CC=CC21. The van der Waals surface area contributed by atoms with Crippen molar-refractivity contribution in [3.63, 3.8) is 0 Å². The molecule has 7 atom stereocenters. The van der Waals surface area contributed by atoms with Crippen molar-refractivity contribution in [1.82, 2.24) is 9.88 Å². The van der Waals surface area contributed by atoms with Crippen LogP contribution in [0.2, 0.25) is 18.6 Å². The Hall–Kier alpha value is -2.98. The summed E-state index contributed by atoms with van der Waals surface area (Å²) in [5.41, 5.74) is 5.98. The molecule has 0 aromatic heterocycles. The standard InChI is InChI=1S/C35H38N2Si/c1-24-36-34-28(27-16-11-15-26(23-27)25-13-5-4-6-14-25)21-12-22-33(34)37(24)38(2,3)35-31-19-9-7-17-29(31)30-18-8-10-20-32(30)35/h4-24,29-36H,1-3H3/t24-,29?,30?,31?,32?,33-,34?,35?/m1/s1. The first-order valence-electron chi connectivity index (χ1n) is 14.3. The summed E-state index contributed by atoms with van der Waals surface area (Å²) >= 11 is 0. The van der Waals surface area contributed by atoms with Crippen LogP contribution in [-0.4, -0.2) is 31.1 Å². The molecule has 38 heavy (non-hydrogen) atoms. The Morgan fingerprint density at radius 2 is 1.26 bits per heavy atom. The van der Waals surface area contributed by atoms with Crippen LogP contribution in [0.5, 0.6) is 0 Å². The number of hydrogen-bond acceptors (Lipinski definition) is 2. The number of hydrogen-bond donors (Lipinski definition) is 1. The van der Waals surface area contributed by atoms with Gasteiger partial charge in [-0.3, -0.25) is 5.32 Å². The molecule has 0 amide bonds. The molecule has 1 aliphatic heterocycles. The van der Waals surface area contributed by atoms with Gasteiger partial charge in [0.2, 0.25) is 0 Å². The predicted molar refractivity (Wildman–Crippen MR) is 163 cm³/mol. The van der Waals surface area contributed by atoms with Crippen LogP contribution in [0, 0.1) is 23.7 Å². The Labute approximate surface area is 228 Å². The highest BCUT2D eigenvalue weighted by Gasteiger charge is 2.59. The highest BCUT2D eigenvalue weighted by atomic mass is 28.3. The second kappa shape index (κ2) is 9.34. The van der Waals surface area contributed by atoms with Gasteiger partial charge in [-0.25, -0.2) is 0 Å². The van der Waals surface area contributed by atoms with Crippen molar-refractivity contribution in [1.29, 1.82) is 0 Å². The first-order chi connectivity index (χ1) is 18.5. The summed E-state index contributed by atoms with van der Waals surface area (Å²) in [6.45, 7) is 7.70. The number of benzene rings is 2. The van der Waals surface area contributed by atoms with Gasteiger partial charge in [0.15, 0.2) is 0 Å². The fourth-order valence-electron chi connectivity index (χ4n) is 8.52. The Bertz CT molecular complexity index is 1360. The molecule has 5 unspecified atom stereocenters. The van der Waals surface area contributed by atoms with Gasteiger partial charge in [0, 0.05) is 6.04 Å². The van der Waals surface area contributed by atoms with Crippen molar-refractivity contribution in [2.45, 2.75) is 43.8 Å². The van der Waals surface area contributed by atoms with Gasteiger partial charge in [0.1, 0.15) is 8.24 Å². The van der Waals surface area contributed by atoms with Gasteiger partial charge >= 0.3 is 0 Å². The maximum atomic E-state index is 4.06. The molecule has 2 fully saturated rings. The zero-order valence-electron chi connectivity index (χ0n) is 22.6. The summed E-state index contributed by atoms with van der Waals surface area (Å²) in [5.74, 6) is 2.51. The van der Waals surface area contributed by atoms with E-state index in [0.717, 1.165) is 0 Å². The van der Waals surface area contributed by atoms with Gasteiger partial charge in [-0.05, 0) is 64.5 Å². The lowest BCUT2D eigenvalue weighted by Gasteiger charge is -2.48. The van der Waals surface area contributed by atoms with Gasteiger partial charge in [-0.15, -0.1) is 0 Å². The summed E-state index contributed by atoms with van der Waals surface area (Å²) < 4.78 is 2.94. The molecule has 2 aromatic carbocycles. The number of rotatable bonds is 4. The highest BCUT2D eigenvalue weighted by molar-refractivity contribution is 6.76. The fraction of sp³-hybridized carbons (Fsp3) is 0.314. The maximum Gasteiger partial charge on any atom is 0.129 e. The van der Waals surface area contributed by atoms with E-state index in [1.165, 1.54) is 22.3 Å². The third-order valence-corrected chi connectivity index (χ3v) is 14.3.